The minimum atomic E-state index is -0.461. The van der Waals surface area contributed by atoms with E-state index in [0.717, 1.165) is 0 Å². The van der Waals surface area contributed by atoms with E-state index >= 15 is 0 Å². The molecule has 0 saturated carbocycles. The minimum Gasteiger partial charge on any atom is -0.317 e. The van der Waals surface area contributed by atoms with Crippen molar-refractivity contribution in [3.05, 3.63) is 35.6 Å². The van der Waals surface area contributed by atoms with Gasteiger partial charge in [0.2, 0.25) is 5.91 Å². The number of carbonyl (C=O) groups is 2. The molecule has 1 saturated heterocycles. The molecule has 1 aromatic rings. The highest BCUT2D eigenvalue weighted by Gasteiger charge is 2.28. The lowest BCUT2D eigenvalue weighted by atomic mass is 10.1. The van der Waals surface area contributed by atoms with Gasteiger partial charge in [-0.3, -0.25) is 10.1 Å². The Bertz CT molecular complexity index is 462. The van der Waals surface area contributed by atoms with Crippen molar-refractivity contribution in [2.24, 2.45) is 0 Å². The highest BCUT2D eigenvalue weighted by Crippen LogP contribution is 2.24. The normalized spacial score (nSPS) is 17.9. The molecule has 5 heteroatoms. The van der Waals surface area contributed by atoms with Gasteiger partial charge in [-0.25, -0.2) is 9.18 Å². The van der Waals surface area contributed by atoms with Gasteiger partial charge in [-0.05, 0) is 13.0 Å². The Balaban J connectivity index is 2.20. The van der Waals surface area contributed by atoms with E-state index in [4.69, 9.17) is 0 Å². The largest absolute Gasteiger partial charge is 0.324 e. The van der Waals surface area contributed by atoms with Gasteiger partial charge in [0.05, 0.1) is 6.04 Å². The maximum Gasteiger partial charge on any atom is 0.324 e. The highest BCUT2D eigenvalue weighted by atomic mass is 19.1. The Kier molecular flexibility index (Phi) is 3.08. The highest BCUT2D eigenvalue weighted by molar-refractivity contribution is 5.96. The van der Waals surface area contributed by atoms with Crippen LogP contribution >= 0.6 is 0 Å². The summed E-state index contributed by atoms with van der Waals surface area (Å²) in [6.45, 7) is 2.06. The molecule has 4 nitrogen and oxygen atoms in total. The summed E-state index contributed by atoms with van der Waals surface area (Å²) in [5.41, 5.74) is 0.456. The number of benzene rings is 1. The third-order valence-electron chi connectivity index (χ3n) is 2.91. The van der Waals surface area contributed by atoms with E-state index in [9.17, 15) is 14.0 Å². The van der Waals surface area contributed by atoms with Gasteiger partial charge in [-0.1, -0.05) is 18.2 Å². The van der Waals surface area contributed by atoms with Crippen molar-refractivity contribution in [2.45, 2.75) is 19.4 Å². The molecular weight excluding hydrogens is 223 g/mol. The van der Waals surface area contributed by atoms with Gasteiger partial charge < -0.3 is 4.90 Å². The van der Waals surface area contributed by atoms with Gasteiger partial charge in [-0.15, -0.1) is 0 Å². The number of hydrogen-bond donors (Lipinski definition) is 1. The third kappa shape index (κ3) is 2.27. The van der Waals surface area contributed by atoms with E-state index in [1.807, 2.05) is 0 Å². The van der Waals surface area contributed by atoms with Crippen LogP contribution in [-0.2, 0) is 4.79 Å². The summed E-state index contributed by atoms with van der Waals surface area (Å²) in [5.74, 6) is -0.628. The Morgan fingerprint density at radius 3 is 2.71 bits per heavy atom. The van der Waals surface area contributed by atoms with Crippen LogP contribution in [0.4, 0.5) is 9.18 Å². The lowest BCUT2D eigenvalue weighted by Crippen LogP contribution is -2.50. The molecule has 0 aromatic heterocycles. The second-order valence-electron chi connectivity index (χ2n) is 3.99. The van der Waals surface area contributed by atoms with Crippen LogP contribution in [0.25, 0.3) is 0 Å². The fourth-order valence-electron chi connectivity index (χ4n) is 1.93. The number of nitrogens with one attached hydrogen (secondary N) is 1. The average Bonchev–Trinajstić information content (AvgIpc) is 2.29. The summed E-state index contributed by atoms with van der Waals surface area (Å²) in [4.78, 5) is 24.1. The first kappa shape index (κ1) is 11.6. The quantitative estimate of drug-likeness (QED) is 0.851. The maximum absolute atomic E-state index is 13.6. The SMILES string of the molecule is CC(c1ccccc1F)N1CCC(=O)NC1=O. The first-order valence-electron chi connectivity index (χ1n) is 5.44. The molecule has 1 aliphatic heterocycles. The number of urea groups is 1. The Morgan fingerprint density at radius 1 is 1.35 bits per heavy atom. The van der Waals surface area contributed by atoms with Crippen LogP contribution in [-0.4, -0.2) is 23.4 Å². The maximum atomic E-state index is 13.6. The van der Waals surface area contributed by atoms with Crippen LogP contribution in [0, 0.1) is 5.82 Å². The zero-order valence-electron chi connectivity index (χ0n) is 9.44. The molecule has 0 aliphatic carbocycles. The van der Waals surface area contributed by atoms with Crippen molar-refractivity contribution < 1.29 is 14.0 Å². The number of halogens is 1. The molecule has 17 heavy (non-hydrogen) atoms. The molecule has 1 unspecified atom stereocenters. The lowest BCUT2D eigenvalue weighted by molar-refractivity contribution is -0.121. The number of rotatable bonds is 2. The van der Waals surface area contributed by atoms with Gasteiger partial charge in [0.1, 0.15) is 5.82 Å². The molecule has 1 fully saturated rings. The smallest absolute Gasteiger partial charge is 0.317 e. The predicted molar refractivity (Wildman–Crippen MR) is 59.7 cm³/mol. The number of hydrogen-bond acceptors (Lipinski definition) is 2. The zero-order chi connectivity index (χ0) is 12.4. The fourth-order valence-corrected chi connectivity index (χ4v) is 1.93. The molecule has 0 bridgehead atoms. The van der Waals surface area contributed by atoms with Gasteiger partial charge in [-0.2, -0.15) is 0 Å². The van der Waals surface area contributed by atoms with Crippen molar-refractivity contribution >= 4 is 11.9 Å². The first-order chi connectivity index (χ1) is 8.09. The average molecular weight is 236 g/mol. The molecule has 0 spiro atoms. The molecule has 1 aromatic carbocycles. The number of nitrogens with zero attached hydrogens (tertiary/aromatic N) is 1. The Morgan fingerprint density at radius 2 is 2.06 bits per heavy atom. The third-order valence-corrected chi connectivity index (χ3v) is 2.91. The van der Waals surface area contributed by atoms with Crippen molar-refractivity contribution in [1.29, 1.82) is 0 Å². The van der Waals surface area contributed by atoms with E-state index < -0.39 is 6.03 Å². The second-order valence-corrected chi connectivity index (χ2v) is 3.99. The molecule has 1 atom stereocenters. The van der Waals surface area contributed by atoms with E-state index in [-0.39, 0.29) is 24.2 Å². The van der Waals surface area contributed by atoms with E-state index in [1.165, 1.54) is 11.0 Å². The lowest BCUT2D eigenvalue weighted by Gasteiger charge is -2.32. The van der Waals surface area contributed by atoms with Crippen molar-refractivity contribution in [3.8, 4) is 0 Å². The van der Waals surface area contributed by atoms with Gasteiger partial charge in [0, 0.05) is 18.5 Å². The molecule has 1 aliphatic rings. The summed E-state index contributed by atoms with van der Waals surface area (Å²) in [6.07, 6.45) is 0.254. The fraction of sp³-hybridized carbons (Fsp3) is 0.333. The van der Waals surface area contributed by atoms with E-state index in [0.29, 0.717) is 12.1 Å². The van der Waals surface area contributed by atoms with Gasteiger partial charge >= 0.3 is 6.03 Å². The summed E-state index contributed by atoms with van der Waals surface area (Å²) in [5, 5.41) is 2.23. The van der Waals surface area contributed by atoms with Crippen molar-refractivity contribution in [3.63, 3.8) is 0 Å². The minimum absolute atomic E-state index is 0.254. The molecule has 90 valence electrons. The van der Waals surface area contributed by atoms with Crippen LogP contribution in [0.2, 0.25) is 0 Å². The Labute approximate surface area is 98.4 Å². The predicted octanol–water partition coefficient (Wildman–Crippen LogP) is 1.83. The molecule has 2 rings (SSSR count). The van der Waals surface area contributed by atoms with Gasteiger partial charge in [0.15, 0.2) is 0 Å². The van der Waals surface area contributed by atoms with Crippen LogP contribution in [0.3, 0.4) is 0 Å². The van der Waals surface area contributed by atoms with Gasteiger partial charge in [0.25, 0.3) is 0 Å². The van der Waals surface area contributed by atoms with Crippen LogP contribution in [0.15, 0.2) is 24.3 Å². The number of imide groups is 1. The first-order valence-corrected chi connectivity index (χ1v) is 5.44. The molecule has 1 heterocycles. The van der Waals surface area contributed by atoms with Crippen LogP contribution in [0.1, 0.15) is 24.9 Å². The van der Waals surface area contributed by atoms with E-state index in [2.05, 4.69) is 5.32 Å². The van der Waals surface area contributed by atoms with Crippen LogP contribution in [0.5, 0.6) is 0 Å². The summed E-state index contributed by atoms with van der Waals surface area (Å²) >= 11 is 0. The van der Waals surface area contributed by atoms with Crippen molar-refractivity contribution in [1.82, 2.24) is 10.2 Å². The van der Waals surface area contributed by atoms with Crippen molar-refractivity contribution in [2.75, 3.05) is 6.54 Å². The Hall–Kier alpha value is -1.91. The molecule has 3 amide bonds. The summed E-state index contributed by atoms with van der Waals surface area (Å²) in [7, 11) is 0. The summed E-state index contributed by atoms with van der Waals surface area (Å²) in [6, 6.07) is 5.48. The topological polar surface area (TPSA) is 49.4 Å². The van der Waals surface area contributed by atoms with E-state index in [1.54, 1.807) is 25.1 Å². The van der Waals surface area contributed by atoms with Crippen LogP contribution < -0.4 is 5.32 Å². The zero-order valence-corrected chi connectivity index (χ0v) is 9.44. The molecule has 1 N–H and O–H groups in total. The number of amides is 3. The monoisotopic (exact) mass is 236 g/mol. The molecule has 0 radical (unpaired) electrons. The number of carbonyl (C=O) groups excluding carboxylic acids is 2. The second kappa shape index (κ2) is 4.53. The standard InChI is InChI=1S/C12H13FN2O2/c1-8(9-4-2-3-5-10(9)13)15-7-6-11(16)14-12(15)17/h2-5,8H,6-7H2,1H3,(H,14,16,17). The summed E-state index contributed by atoms with van der Waals surface area (Å²) < 4.78 is 13.6. The molecular formula is C12H13FN2O2.